The Hall–Kier alpha value is -3.75. The van der Waals surface area contributed by atoms with E-state index in [4.69, 9.17) is 18.9 Å². The zero-order valence-electron chi connectivity index (χ0n) is 19.6. The number of ketones is 1. The quantitative estimate of drug-likeness (QED) is 0.405. The van der Waals surface area contributed by atoms with E-state index in [1.165, 1.54) is 13.2 Å². The largest absolute Gasteiger partial charge is 0.493 e. The van der Waals surface area contributed by atoms with Gasteiger partial charge < -0.3 is 18.9 Å². The van der Waals surface area contributed by atoms with Gasteiger partial charge in [-0.05, 0) is 48.7 Å². The van der Waals surface area contributed by atoms with E-state index in [1.807, 2.05) is 0 Å². The van der Waals surface area contributed by atoms with Crippen LogP contribution in [0, 0.1) is 5.92 Å². The minimum atomic E-state index is -0.515. The summed E-state index contributed by atoms with van der Waals surface area (Å²) in [5.74, 6) is 1.37. The highest BCUT2D eigenvalue weighted by Gasteiger charge is 2.17. The Balaban J connectivity index is 1.47. The number of carbonyl (C=O) groups excluding carboxylic acids is 3. The van der Waals surface area contributed by atoms with Gasteiger partial charge in [-0.25, -0.2) is 0 Å². The summed E-state index contributed by atoms with van der Waals surface area (Å²) in [4.78, 5) is 37.0. The molecule has 0 unspecified atom stereocenters. The Bertz CT molecular complexity index is 1040. The van der Waals surface area contributed by atoms with Gasteiger partial charge in [0.1, 0.15) is 13.2 Å². The van der Waals surface area contributed by atoms with Gasteiger partial charge in [-0.3, -0.25) is 25.2 Å². The second-order valence-corrected chi connectivity index (χ2v) is 8.18. The molecule has 0 aliphatic carbocycles. The predicted molar refractivity (Wildman–Crippen MR) is 125 cm³/mol. The van der Waals surface area contributed by atoms with E-state index in [2.05, 4.69) is 24.7 Å². The minimum Gasteiger partial charge on any atom is -0.493 e. The molecule has 0 bridgehead atoms. The van der Waals surface area contributed by atoms with Crippen LogP contribution in [0.25, 0.3) is 0 Å². The first-order valence-corrected chi connectivity index (χ1v) is 11.2. The Morgan fingerprint density at radius 1 is 0.912 bits per heavy atom. The lowest BCUT2D eigenvalue weighted by atomic mass is 10.1. The molecule has 0 saturated heterocycles. The minimum absolute atomic E-state index is 0.0163. The van der Waals surface area contributed by atoms with E-state index in [1.54, 1.807) is 30.3 Å². The third-order valence-electron chi connectivity index (χ3n) is 5.14. The van der Waals surface area contributed by atoms with Crippen LogP contribution in [0.1, 0.15) is 53.8 Å². The van der Waals surface area contributed by atoms with Crippen molar-refractivity contribution in [1.82, 2.24) is 10.9 Å². The highest BCUT2D eigenvalue weighted by Crippen LogP contribution is 2.31. The average Bonchev–Trinajstić information content (AvgIpc) is 2.85. The molecule has 34 heavy (non-hydrogen) atoms. The molecular formula is C25H30N2O7. The van der Waals surface area contributed by atoms with E-state index in [9.17, 15) is 14.4 Å². The van der Waals surface area contributed by atoms with Crippen molar-refractivity contribution in [3.63, 3.8) is 0 Å². The van der Waals surface area contributed by atoms with Gasteiger partial charge in [0, 0.05) is 24.0 Å². The van der Waals surface area contributed by atoms with Crippen LogP contribution in [-0.4, -0.2) is 44.5 Å². The first-order chi connectivity index (χ1) is 16.4. The van der Waals surface area contributed by atoms with Crippen molar-refractivity contribution in [2.24, 2.45) is 5.92 Å². The molecule has 9 heteroatoms. The lowest BCUT2D eigenvalue weighted by Crippen LogP contribution is -2.41. The molecule has 182 valence electrons. The molecule has 2 aromatic rings. The van der Waals surface area contributed by atoms with Crippen molar-refractivity contribution in [2.75, 3.05) is 26.9 Å². The van der Waals surface area contributed by atoms with Gasteiger partial charge in [-0.15, -0.1) is 0 Å². The molecule has 0 atom stereocenters. The molecule has 0 radical (unpaired) electrons. The maximum absolute atomic E-state index is 12.4. The number of carbonyl (C=O) groups is 3. The summed E-state index contributed by atoms with van der Waals surface area (Å²) in [6.45, 7) is 5.65. The van der Waals surface area contributed by atoms with E-state index >= 15 is 0 Å². The monoisotopic (exact) mass is 470 g/mol. The highest BCUT2D eigenvalue weighted by molar-refractivity contribution is 5.99. The zero-order chi connectivity index (χ0) is 24.5. The molecule has 0 aromatic heterocycles. The van der Waals surface area contributed by atoms with Crippen LogP contribution < -0.4 is 29.8 Å². The van der Waals surface area contributed by atoms with Gasteiger partial charge in [-0.2, -0.15) is 0 Å². The van der Waals surface area contributed by atoms with Gasteiger partial charge in [-0.1, -0.05) is 13.8 Å². The number of benzene rings is 2. The highest BCUT2D eigenvalue weighted by atomic mass is 16.6. The summed E-state index contributed by atoms with van der Waals surface area (Å²) in [7, 11) is 1.49. The summed E-state index contributed by atoms with van der Waals surface area (Å²) in [6, 6.07) is 9.70. The van der Waals surface area contributed by atoms with E-state index in [0.29, 0.717) is 59.9 Å². The third kappa shape index (κ3) is 6.87. The van der Waals surface area contributed by atoms with Crippen LogP contribution in [0.5, 0.6) is 23.0 Å². The molecule has 1 heterocycles. The Labute approximate surface area is 198 Å². The number of rotatable bonds is 10. The second kappa shape index (κ2) is 11.9. The van der Waals surface area contributed by atoms with E-state index in [0.717, 1.165) is 6.42 Å². The number of fused-ring (bicyclic) bond motifs is 1. The van der Waals surface area contributed by atoms with Crippen LogP contribution in [0.4, 0.5) is 0 Å². The molecular weight excluding hydrogens is 440 g/mol. The molecule has 0 spiro atoms. The molecule has 0 fully saturated rings. The van der Waals surface area contributed by atoms with Crippen molar-refractivity contribution in [3.8, 4) is 23.0 Å². The first kappa shape index (κ1) is 24.9. The fourth-order valence-electron chi connectivity index (χ4n) is 3.18. The van der Waals surface area contributed by atoms with Crippen molar-refractivity contribution < 1.29 is 33.3 Å². The van der Waals surface area contributed by atoms with Gasteiger partial charge in [0.25, 0.3) is 5.91 Å². The zero-order valence-corrected chi connectivity index (χ0v) is 19.6. The molecule has 9 nitrogen and oxygen atoms in total. The summed E-state index contributed by atoms with van der Waals surface area (Å²) < 4.78 is 22.0. The van der Waals surface area contributed by atoms with Crippen molar-refractivity contribution >= 4 is 17.6 Å². The van der Waals surface area contributed by atoms with Gasteiger partial charge >= 0.3 is 0 Å². The number of Topliss-reactive ketones (excluding diaryl/α,β-unsaturated/α-hetero) is 1. The maximum Gasteiger partial charge on any atom is 0.269 e. The molecule has 0 saturated carbocycles. The van der Waals surface area contributed by atoms with Gasteiger partial charge in [0.05, 0.1) is 13.7 Å². The number of methoxy groups -OCH3 is 1. The Morgan fingerprint density at radius 3 is 2.38 bits per heavy atom. The number of hydrazine groups is 1. The maximum atomic E-state index is 12.4. The van der Waals surface area contributed by atoms with Gasteiger partial charge in [0.2, 0.25) is 5.91 Å². The molecule has 2 N–H and O–H groups in total. The Kier molecular flexibility index (Phi) is 8.73. The van der Waals surface area contributed by atoms with Crippen molar-refractivity contribution in [3.05, 3.63) is 47.5 Å². The standard InChI is InChI=1S/C25H30N2O7/c1-16(2)10-11-32-20-8-5-18(15-22(20)31-3)25(30)27-26-24(29)9-6-19(28)17-4-7-21-23(14-17)34-13-12-33-21/h4-5,7-8,14-16H,6,9-13H2,1-3H3,(H,26,29)(H,27,30). The van der Waals surface area contributed by atoms with Crippen LogP contribution >= 0.6 is 0 Å². The number of ether oxygens (including phenoxy) is 4. The number of nitrogens with one attached hydrogen (secondary N) is 2. The first-order valence-electron chi connectivity index (χ1n) is 11.2. The smallest absolute Gasteiger partial charge is 0.269 e. The van der Waals surface area contributed by atoms with Crippen LogP contribution in [0.2, 0.25) is 0 Å². The molecule has 1 aliphatic rings. The fraction of sp³-hybridized carbons (Fsp3) is 0.400. The normalized spacial score (nSPS) is 12.1. The number of hydrogen-bond acceptors (Lipinski definition) is 7. The molecule has 1 aliphatic heterocycles. The Morgan fingerprint density at radius 2 is 1.65 bits per heavy atom. The lowest BCUT2D eigenvalue weighted by molar-refractivity contribution is -0.121. The number of amides is 2. The average molecular weight is 471 g/mol. The summed E-state index contributed by atoms with van der Waals surface area (Å²) in [5, 5.41) is 0. The fourth-order valence-corrected chi connectivity index (χ4v) is 3.18. The summed E-state index contributed by atoms with van der Waals surface area (Å²) >= 11 is 0. The van der Waals surface area contributed by atoms with Crippen molar-refractivity contribution in [2.45, 2.75) is 33.1 Å². The van der Waals surface area contributed by atoms with Crippen LogP contribution in [0.15, 0.2) is 36.4 Å². The van der Waals surface area contributed by atoms with E-state index in [-0.39, 0.29) is 18.6 Å². The van der Waals surface area contributed by atoms with Crippen molar-refractivity contribution in [1.29, 1.82) is 0 Å². The third-order valence-corrected chi connectivity index (χ3v) is 5.14. The lowest BCUT2D eigenvalue weighted by Gasteiger charge is -2.18. The molecule has 2 amide bonds. The SMILES string of the molecule is COc1cc(C(=O)NNC(=O)CCC(=O)c2ccc3c(c2)OCCO3)ccc1OCCC(C)C. The summed E-state index contributed by atoms with van der Waals surface area (Å²) in [5.41, 5.74) is 5.40. The van der Waals surface area contributed by atoms with Crippen LogP contribution in [0.3, 0.4) is 0 Å². The number of hydrogen-bond donors (Lipinski definition) is 2. The molecule has 2 aromatic carbocycles. The molecule has 3 rings (SSSR count). The van der Waals surface area contributed by atoms with E-state index < -0.39 is 11.8 Å². The summed E-state index contributed by atoms with van der Waals surface area (Å²) in [6.07, 6.45) is 0.797. The topological polar surface area (TPSA) is 112 Å². The predicted octanol–water partition coefficient (Wildman–Crippen LogP) is 3.32. The van der Waals surface area contributed by atoms with Crippen LogP contribution in [-0.2, 0) is 4.79 Å². The second-order valence-electron chi connectivity index (χ2n) is 8.18. The van der Waals surface area contributed by atoms with Gasteiger partial charge in [0.15, 0.2) is 28.8 Å².